The molecule has 1 N–H and O–H groups in total. The van der Waals surface area contributed by atoms with Gasteiger partial charge in [0, 0.05) is 38.9 Å². The number of benzene rings is 1. The number of nitrogens with zero attached hydrogens (tertiary/aromatic N) is 3. The van der Waals surface area contributed by atoms with Crippen LogP contribution in [0.3, 0.4) is 0 Å². The van der Waals surface area contributed by atoms with Gasteiger partial charge in [-0.25, -0.2) is 0 Å². The Bertz CT molecular complexity index is 579. The molecule has 0 fully saturated rings. The lowest BCUT2D eigenvalue weighted by Crippen LogP contribution is -2.17. The highest BCUT2D eigenvalue weighted by molar-refractivity contribution is 6.33. The Labute approximate surface area is 131 Å². The highest BCUT2D eigenvalue weighted by Crippen LogP contribution is 2.27. The summed E-state index contributed by atoms with van der Waals surface area (Å²) < 4.78 is 1.81. The number of nitrogens with one attached hydrogen (secondary N) is 1. The Morgan fingerprint density at radius 2 is 2.14 bits per heavy atom. The molecule has 114 valence electrons. The normalized spacial score (nSPS) is 10.9. The molecule has 0 atom stereocenters. The van der Waals surface area contributed by atoms with E-state index in [9.17, 15) is 0 Å². The van der Waals surface area contributed by atoms with Crippen LogP contribution in [0.5, 0.6) is 0 Å². The first-order valence-corrected chi connectivity index (χ1v) is 7.65. The first kappa shape index (κ1) is 15.9. The average molecular weight is 307 g/mol. The minimum atomic E-state index is 0.789. The molecular weight excluding hydrogens is 284 g/mol. The number of aryl methyl sites for hydroxylation is 1. The molecule has 4 nitrogen and oxygen atoms in total. The fourth-order valence-electron chi connectivity index (χ4n) is 2.29. The second-order valence-corrected chi connectivity index (χ2v) is 5.75. The minimum Gasteiger partial charge on any atom is -0.369 e. The quantitative estimate of drug-likeness (QED) is 0.797. The summed E-state index contributed by atoms with van der Waals surface area (Å²) in [6, 6.07) is 6.25. The van der Waals surface area contributed by atoms with Crippen LogP contribution in [0, 0.1) is 0 Å². The maximum atomic E-state index is 6.42. The molecule has 0 unspecified atom stereocenters. The Morgan fingerprint density at radius 3 is 2.76 bits per heavy atom. The largest absolute Gasteiger partial charge is 0.369 e. The predicted octanol–water partition coefficient (Wildman–Crippen LogP) is 3.21. The average Bonchev–Trinajstić information content (AvgIpc) is 2.84. The Hall–Kier alpha value is -1.52. The maximum absolute atomic E-state index is 6.42. The molecule has 0 bridgehead atoms. The first-order valence-electron chi connectivity index (χ1n) is 7.28. The summed E-state index contributed by atoms with van der Waals surface area (Å²) in [5.41, 5.74) is 3.43. The van der Waals surface area contributed by atoms with Crippen molar-refractivity contribution in [2.45, 2.75) is 26.4 Å². The second kappa shape index (κ2) is 7.48. The van der Waals surface area contributed by atoms with E-state index in [1.54, 1.807) is 0 Å². The molecule has 2 rings (SSSR count). The Kier molecular flexibility index (Phi) is 5.65. The lowest BCUT2D eigenvalue weighted by molar-refractivity contribution is 0.675. The number of aromatic nitrogens is 2. The SMILES string of the molecule is CCCNCc1ccc(N(C)Cc2cnn(C)c2)c(Cl)c1. The zero-order valence-electron chi connectivity index (χ0n) is 12.9. The van der Waals surface area contributed by atoms with Crippen molar-refractivity contribution in [3.05, 3.63) is 46.7 Å². The molecule has 0 aliphatic carbocycles. The van der Waals surface area contributed by atoms with E-state index in [1.807, 2.05) is 37.2 Å². The molecule has 0 saturated carbocycles. The van der Waals surface area contributed by atoms with Crippen molar-refractivity contribution in [3.8, 4) is 0 Å². The van der Waals surface area contributed by atoms with Gasteiger partial charge >= 0.3 is 0 Å². The number of halogens is 1. The van der Waals surface area contributed by atoms with E-state index in [0.29, 0.717) is 0 Å². The highest BCUT2D eigenvalue weighted by atomic mass is 35.5. The van der Waals surface area contributed by atoms with E-state index in [1.165, 1.54) is 11.1 Å². The van der Waals surface area contributed by atoms with Gasteiger partial charge in [-0.3, -0.25) is 4.68 Å². The molecule has 2 aromatic rings. The third-order valence-electron chi connectivity index (χ3n) is 3.36. The van der Waals surface area contributed by atoms with Gasteiger partial charge < -0.3 is 10.2 Å². The van der Waals surface area contributed by atoms with Crippen molar-refractivity contribution in [2.75, 3.05) is 18.5 Å². The van der Waals surface area contributed by atoms with Crippen LogP contribution in [0.15, 0.2) is 30.6 Å². The summed E-state index contributed by atoms with van der Waals surface area (Å²) in [4.78, 5) is 2.14. The fraction of sp³-hybridized carbons (Fsp3) is 0.438. The topological polar surface area (TPSA) is 33.1 Å². The molecule has 0 aliphatic heterocycles. The summed E-state index contributed by atoms with van der Waals surface area (Å²) in [6.45, 7) is 4.85. The lowest BCUT2D eigenvalue weighted by Gasteiger charge is -2.20. The molecule has 1 aromatic carbocycles. The fourth-order valence-corrected chi connectivity index (χ4v) is 2.64. The number of anilines is 1. The standard InChI is InChI=1S/C16H23ClN4/c1-4-7-18-9-13-5-6-16(15(17)8-13)20(2)11-14-10-19-21(3)12-14/h5-6,8,10,12,18H,4,7,9,11H2,1-3H3. The van der Waals surface area contributed by atoms with Gasteiger partial charge in [-0.05, 0) is 30.7 Å². The van der Waals surface area contributed by atoms with Crippen LogP contribution in [0.2, 0.25) is 5.02 Å². The van der Waals surface area contributed by atoms with Gasteiger partial charge in [0.15, 0.2) is 0 Å². The van der Waals surface area contributed by atoms with E-state index < -0.39 is 0 Å². The third-order valence-corrected chi connectivity index (χ3v) is 3.66. The van der Waals surface area contributed by atoms with Gasteiger partial charge in [0.05, 0.1) is 16.9 Å². The Morgan fingerprint density at radius 1 is 1.33 bits per heavy atom. The predicted molar refractivity (Wildman–Crippen MR) is 88.8 cm³/mol. The van der Waals surface area contributed by atoms with Crippen molar-refractivity contribution in [2.24, 2.45) is 7.05 Å². The van der Waals surface area contributed by atoms with Crippen LogP contribution in [-0.2, 0) is 20.1 Å². The summed E-state index contributed by atoms with van der Waals surface area (Å²) in [7, 11) is 3.97. The zero-order valence-corrected chi connectivity index (χ0v) is 13.7. The van der Waals surface area contributed by atoms with Crippen LogP contribution >= 0.6 is 11.6 Å². The molecule has 5 heteroatoms. The molecule has 1 aromatic heterocycles. The van der Waals surface area contributed by atoms with Gasteiger partial charge in [-0.2, -0.15) is 5.10 Å². The summed E-state index contributed by atoms with van der Waals surface area (Å²) in [5, 5.41) is 8.37. The molecule has 0 aliphatic rings. The third kappa shape index (κ3) is 4.48. The molecule has 0 saturated heterocycles. The van der Waals surface area contributed by atoms with Crippen molar-refractivity contribution in [1.82, 2.24) is 15.1 Å². The van der Waals surface area contributed by atoms with Crippen molar-refractivity contribution in [3.63, 3.8) is 0 Å². The van der Waals surface area contributed by atoms with Crippen molar-refractivity contribution in [1.29, 1.82) is 0 Å². The van der Waals surface area contributed by atoms with Gasteiger partial charge in [-0.1, -0.05) is 24.6 Å². The van der Waals surface area contributed by atoms with Crippen LogP contribution in [0.1, 0.15) is 24.5 Å². The molecule has 0 spiro atoms. The molecule has 21 heavy (non-hydrogen) atoms. The molecule has 1 heterocycles. The van der Waals surface area contributed by atoms with Crippen LogP contribution < -0.4 is 10.2 Å². The van der Waals surface area contributed by atoms with E-state index in [2.05, 4.69) is 34.4 Å². The highest BCUT2D eigenvalue weighted by Gasteiger charge is 2.08. The molecular formula is C16H23ClN4. The zero-order chi connectivity index (χ0) is 15.2. The van der Waals surface area contributed by atoms with E-state index in [-0.39, 0.29) is 0 Å². The van der Waals surface area contributed by atoms with Crippen LogP contribution in [0.4, 0.5) is 5.69 Å². The number of rotatable bonds is 7. The number of hydrogen-bond donors (Lipinski definition) is 1. The summed E-state index contributed by atoms with van der Waals surface area (Å²) in [6.07, 6.45) is 5.04. The van der Waals surface area contributed by atoms with Gasteiger partial charge in [0.1, 0.15) is 0 Å². The van der Waals surface area contributed by atoms with E-state index in [0.717, 1.165) is 36.8 Å². The van der Waals surface area contributed by atoms with Crippen LogP contribution in [0.25, 0.3) is 0 Å². The second-order valence-electron chi connectivity index (χ2n) is 5.34. The van der Waals surface area contributed by atoms with Gasteiger partial charge in [-0.15, -0.1) is 0 Å². The number of hydrogen-bond acceptors (Lipinski definition) is 3. The summed E-state index contributed by atoms with van der Waals surface area (Å²) >= 11 is 6.42. The maximum Gasteiger partial charge on any atom is 0.0642 e. The summed E-state index contributed by atoms with van der Waals surface area (Å²) in [5.74, 6) is 0. The first-order chi connectivity index (χ1) is 10.1. The van der Waals surface area contributed by atoms with Crippen molar-refractivity contribution < 1.29 is 0 Å². The molecule has 0 amide bonds. The van der Waals surface area contributed by atoms with Crippen LogP contribution in [-0.4, -0.2) is 23.4 Å². The Balaban J connectivity index is 2.02. The van der Waals surface area contributed by atoms with Gasteiger partial charge in [0.2, 0.25) is 0 Å². The minimum absolute atomic E-state index is 0.789. The lowest BCUT2D eigenvalue weighted by atomic mass is 10.2. The smallest absolute Gasteiger partial charge is 0.0642 e. The van der Waals surface area contributed by atoms with E-state index in [4.69, 9.17) is 11.6 Å². The van der Waals surface area contributed by atoms with Crippen molar-refractivity contribution >= 4 is 17.3 Å². The van der Waals surface area contributed by atoms with E-state index >= 15 is 0 Å². The van der Waals surface area contributed by atoms with Gasteiger partial charge in [0.25, 0.3) is 0 Å². The molecule has 0 radical (unpaired) electrons. The monoisotopic (exact) mass is 306 g/mol.